The monoisotopic (exact) mass is 294 g/mol. The highest BCUT2D eigenvalue weighted by Gasteiger charge is 2.24. The second-order valence-electron chi connectivity index (χ2n) is 5.38. The van der Waals surface area contributed by atoms with Crippen molar-refractivity contribution in [3.8, 4) is 5.75 Å². The van der Waals surface area contributed by atoms with Gasteiger partial charge in [-0.3, -0.25) is 0 Å². The summed E-state index contributed by atoms with van der Waals surface area (Å²) >= 11 is 0. The minimum absolute atomic E-state index is 0.0653. The van der Waals surface area contributed by atoms with E-state index in [1.165, 1.54) is 19.2 Å². The van der Waals surface area contributed by atoms with Crippen LogP contribution in [0.15, 0.2) is 12.1 Å². The average molecular weight is 294 g/mol. The normalized spacial score (nSPS) is 21.7. The quantitative estimate of drug-likeness (QED) is 0.632. The van der Waals surface area contributed by atoms with Crippen LogP contribution in [0.1, 0.15) is 41.6 Å². The Morgan fingerprint density at radius 3 is 2.52 bits per heavy atom. The SMILES string of the molecule is COC(=O)c1cc(OC2CCC(C=O)CC2)c(F)cc1C. The molecule has 114 valence electrons. The molecule has 4 nitrogen and oxygen atoms in total. The van der Waals surface area contributed by atoms with Gasteiger partial charge < -0.3 is 14.3 Å². The minimum atomic E-state index is -0.512. The lowest BCUT2D eigenvalue weighted by atomic mass is 9.88. The molecule has 5 heteroatoms. The number of rotatable bonds is 4. The molecule has 0 heterocycles. The summed E-state index contributed by atoms with van der Waals surface area (Å²) in [6.07, 6.45) is 3.78. The van der Waals surface area contributed by atoms with Crippen molar-refractivity contribution in [3.63, 3.8) is 0 Å². The average Bonchev–Trinajstić information content (AvgIpc) is 2.50. The first-order chi connectivity index (χ1) is 10.0. The Labute approximate surface area is 123 Å². The number of ether oxygens (including phenoxy) is 2. The Hall–Kier alpha value is -1.91. The van der Waals surface area contributed by atoms with E-state index in [2.05, 4.69) is 4.74 Å². The zero-order valence-electron chi connectivity index (χ0n) is 12.2. The van der Waals surface area contributed by atoms with Gasteiger partial charge in [0.1, 0.15) is 6.29 Å². The van der Waals surface area contributed by atoms with Gasteiger partial charge in [0.05, 0.1) is 18.8 Å². The molecule has 0 N–H and O–H groups in total. The molecule has 1 saturated carbocycles. The van der Waals surface area contributed by atoms with E-state index in [0.29, 0.717) is 24.0 Å². The molecule has 0 amide bonds. The van der Waals surface area contributed by atoms with Gasteiger partial charge in [-0.15, -0.1) is 0 Å². The highest BCUT2D eigenvalue weighted by atomic mass is 19.1. The van der Waals surface area contributed by atoms with E-state index in [0.717, 1.165) is 19.1 Å². The van der Waals surface area contributed by atoms with E-state index < -0.39 is 11.8 Å². The molecule has 0 aromatic heterocycles. The fourth-order valence-corrected chi connectivity index (χ4v) is 2.60. The van der Waals surface area contributed by atoms with Crippen LogP contribution in [0.2, 0.25) is 0 Å². The fraction of sp³-hybridized carbons (Fsp3) is 0.500. The summed E-state index contributed by atoms with van der Waals surface area (Å²) in [6.45, 7) is 1.65. The van der Waals surface area contributed by atoms with Crippen LogP contribution in [0, 0.1) is 18.7 Å². The topological polar surface area (TPSA) is 52.6 Å². The lowest BCUT2D eigenvalue weighted by Crippen LogP contribution is -2.25. The number of esters is 1. The zero-order chi connectivity index (χ0) is 15.4. The molecule has 0 spiro atoms. The zero-order valence-corrected chi connectivity index (χ0v) is 12.2. The molecule has 0 aliphatic heterocycles. The fourth-order valence-electron chi connectivity index (χ4n) is 2.60. The van der Waals surface area contributed by atoms with E-state index in [9.17, 15) is 14.0 Å². The highest BCUT2D eigenvalue weighted by molar-refractivity contribution is 5.91. The van der Waals surface area contributed by atoms with Gasteiger partial charge in [0, 0.05) is 5.92 Å². The Balaban J connectivity index is 2.13. The van der Waals surface area contributed by atoms with Crippen molar-refractivity contribution in [1.29, 1.82) is 0 Å². The number of carbonyl (C=O) groups is 2. The van der Waals surface area contributed by atoms with Crippen LogP contribution in [-0.2, 0) is 9.53 Å². The van der Waals surface area contributed by atoms with Crippen molar-refractivity contribution in [1.82, 2.24) is 0 Å². The van der Waals surface area contributed by atoms with Gasteiger partial charge in [0.2, 0.25) is 0 Å². The first-order valence-electron chi connectivity index (χ1n) is 7.05. The van der Waals surface area contributed by atoms with Crippen LogP contribution in [0.5, 0.6) is 5.75 Å². The highest BCUT2D eigenvalue weighted by Crippen LogP contribution is 2.29. The molecule has 0 saturated heterocycles. The molecule has 2 rings (SSSR count). The maximum absolute atomic E-state index is 14.0. The molecule has 1 fully saturated rings. The van der Waals surface area contributed by atoms with Crippen molar-refractivity contribution in [2.45, 2.75) is 38.7 Å². The molecule has 1 aliphatic rings. The van der Waals surface area contributed by atoms with Gasteiger partial charge in [-0.2, -0.15) is 0 Å². The van der Waals surface area contributed by atoms with Crippen molar-refractivity contribution in [2.24, 2.45) is 5.92 Å². The summed E-state index contributed by atoms with van der Waals surface area (Å²) in [7, 11) is 1.28. The predicted octanol–water partition coefficient (Wildman–Crippen LogP) is 3.06. The van der Waals surface area contributed by atoms with E-state index in [-0.39, 0.29) is 17.8 Å². The Bertz CT molecular complexity index is 533. The number of aldehydes is 1. The lowest BCUT2D eigenvalue weighted by molar-refractivity contribution is -0.112. The molecule has 0 unspecified atom stereocenters. The second-order valence-corrected chi connectivity index (χ2v) is 5.38. The summed E-state index contributed by atoms with van der Waals surface area (Å²) in [4.78, 5) is 22.3. The van der Waals surface area contributed by atoms with E-state index in [1.807, 2.05) is 0 Å². The van der Waals surface area contributed by atoms with Gasteiger partial charge in [-0.1, -0.05) is 0 Å². The van der Waals surface area contributed by atoms with Gasteiger partial charge in [-0.05, 0) is 50.3 Å². The van der Waals surface area contributed by atoms with Gasteiger partial charge in [0.15, 0.2) is 11.6 Å². The van der Waals surface area contributed by atoms with Crippen LogP contribution in [0.25, 0.3) is 0 Å². The third-order valence-electron chi connectivity index (χ3n) is 3.89. The van der Waals surface area contributed by atoms with Crippen molar-refractivity contribution < 1.29 is 23.5 Å². The van der Waals surface area contributed by atoms with Crippen LogP contribution in [-0.4, -0.2) is 25.5 Å². The van der Waals surface area contributed by atoms with Crippen molar-refractivity contribution in [2.75, 3.05) is 7.11 Å². The summed E-state index contributed by atoms with van der Waals surface area (Å²) in [6, 6.07) is 2.67. The van der Waals surface area contributed by atoms with Gasteiger partial charge >= 0.3 is 5.97 Å². The predicted molar refractivity (Wildman–Crippen MR) is 74.9 cm³/mol. The van der Waals surface area contributed by atoms with Gasteiger partial charge in [-0.25, -0.2) is 9.18 Å². The Kier molecular flexibility index (Phi) is 4.94. The van der Waals surface area contributed by atoms with E-state index in [1.54, 1.807) is 6.92 Å². The number of methoxy groups -OCH3 is 1. The number of hydrogen-bond acceptors (Lipinski definition) is 4. The van der Waals surface area contributed by atoms with Gasteiger partial charge in [0.25, 0.3) is 0 Å². The van der Waals surface area contributed by atoms with E-state index in [4.69, 9.17) is 4.74 Å². The van der Waals surface area contributed by atoms with Crippen LogP contribution in [0.3, 0.4) is 0 Å². The first-order valence-corrected chi connectivity index (χ1v) is 7.05. The lowest BCUT2D eigenvalue weighted by Gasteiger charge is -2.26. The third-order valence-corrected chi connectivity index (χ3v) is 3.89. The number of aryl methyl sites for hydroxylation is 1. The molecule has 0 bridgehead atoms. The smallest absolute Gasteiger partial charge is 0.338 e. The van der Waals surface area contributed by atoms with Crippen molar-refractivity contribution in [3.05, 3.63) is 29.1 Å². The summed E-state index contributed by atoms with van der Waals surface area (Å²) in [5.74, 6) is -0.853. The maximum Gasteiger partial charge on any atom is 0.338 e. The Morgan fingerprint density at radius 2 is 1.95 bits per heavy atom. The molecular formula is C16H19FO4. The number of carbonyl (C=O) groups excluding carboxylic acids is 2. The third kappa shape index (κ3) is 3.60. The summed E-state index contributed by atoms with van der Waals surface area (Å²) in [5.41, 5.74) is 0.812. The number of benzene rings is 1. The maximum atomic E-state index is 14.0. The minimum Gasteiger partial charge on any atom is -0.487 e. The summed E-state index contributed by atoms with van der Waals surface area (Å²) < 4.78 is 24.3. The van der Waals surface area contributed by atoms with Crippen LogP contribution >= 0.6 is 0 Å². The first kappa shape index (κ1) is 15.5. The van der Waals surface area contributed by atoms with Crippen LogP contribution in [0.4, 0.5) is 4.39 Å². The molecular weight excluding hydrogens is 275 g/mol. The molecule has 0 radical (unpaired) electrons. The summed E-state index contributed by atoms with van der Waals surface area (Å²) in [5, 5.41) is 0. The number of halogens is 1. The molecule has 1 aromatic carbocycles. The molecule has 0 atom stereocenters. The largest absolute Gasteiger partial charge is 0.487 e. The standard InChI is InChI=1S/C16H19FO4/c1-10-7-14(17)15(8-13(10)16(19)20-2)21-12-5-3-11(9-18)4-6-12/h7-9,11-12H,3-6H2,1-2H3. The Morgan fingerprint density at radius 1 is 1.29 bits per heavy atom. The molecule has 1 aromatic rings. The molecule has 1 aliphatic carbocycles. The number of hydrogen-bond donors (Lipinski definition) is 0. The molecule has 21 heavy (non-hydrogen) atoms. The van der Waals surface area contributed by atoms with Crippen LogP contribution < -0.4 is 4.74 Å². The second kappa shape index (κ2) is 6.70. The van der Waals surface area contributed by atoms with Crippen molar-refractivity contribution >= 4 is 12.3 Å². The van der Waals surface area contributed by atoms with E-state index >= 15 is 0 Å².